The van der Waals surface area contributed by atoms with Crippen LogP contribution in [0.5, 0.6) is 5.75 Å². The number of carbonyl (C=O) groups excluding carboxylic acids is 1. The molecular formula is C21H23N3O2. The second-order valence-corrected chi connectivity index (χ2v) is 6.88. The highest BCUT2D eigenvalue weighted by molar-refractivity contribution is 5.84. The zero-order chi connectivity index (χ0) is 18.1. The van der Waals surface area contributed by atoms with E-state index in [0.29, 0.717) is 6.54 Å². The molecular weight excluding hydrogens is 326 g/mol. The number of fused-ring (bicyclic) bond motifs is 2. The monoisotopic (exact) mass is 349 g/mol. The largest absolute Gasteiger partial charge is 0.481 e. The van der Waals surface area contributed by atoms with E-state index in [2.05, 4.69) is 17.2 Å². The molecule has 0 aliphatic carbocycles. The van der Waals surface area contributed by atoms with Crippen molar-refractivity contribution in [2.45, 2.75) is 39.5 Å². The highest BCUT2D eigenvalue weighted by Crippen LogP contribution is 2.22. The lowest BCUT2D eigenvalue weighted by atomic mass is 10.1. The number of rotatable bonds is 3. The number of carbonyl (C=O) groups is 1. The molecule has 4 rings (SSSR count). The molecule has 5 nitrogen and oxygen atoms in total. The van der Waals surface area contributed by atoms with Crippen molar-refractivity contribution in [1.82, 2.24) is 14.7 Å². The standard InChI is InChI=1S/C21H23N3O2/c1-15-12-19-14-23(10-5-11-24(19)22-15)21(25)16(2)26-20-9-8-17-6-3-4-7-18(17)13-20/h3-4,6-9,12-13,16H,5,10-11,14H2,1-2H3/t16-/m0/s1. The van der Waals surface area contributed by atoms with E-state index in [4.69, 9.17) is 4.74 Å². The molecule has 0 unspecified atom stereocenters. The fraction of sp³-hybridized carbons (Fsp3) is 0.333. The van der Waals surface area contributed by atoms with Crippen molar-refractivity contribution in [1.29, 1.82) is 0 Å². The Hall–Kier alpha value is -2.82. The number of amides is 1. The van der Waals surface area contributed by atoms with Gasteiger partial charge in [-0.3, -0.25) is 9.48 Å². The summed E-state index contributed by atoms with van der Waals surface area (Å²) in [5.74, 6) is 0.741. The first kappa shape index (κ1) is 16.6. The molecule has 0 fully saturated rings. The van der Waals surface area contributed by atoms with E-state index in [0.717, 1.165) is 47.4 Å². The van der Waals surface area contributed by atoms with Crippen molar-refractivity contribution in [2.24, 2.45) is 0 Å². The second kappa shape index (κ2) is 6.83. The van der Waals surface area contributed by atoms with Gasteiger partial charge in [0, 0.05) is 13.1 Å². The van der Waals surface area contributed by atoms with Gasteiger partial charge < -0.3 is 9.64 Å². The van der Waals surface area contributed by atoms with Crippen LogP contribution in [0.25, 0.3) is 10.8 Å². The average Bonchev–Trinajstić information content (AvgIpc) is 2.87. The Balaban J connectivity index is 1.48. The maximum atomic E-state index is 12.9. The molecule has 1 aromatic heterocycles. The summed E-state index contributed by atoms with van der Waals surface area (Å²) in [5, 5.41) is 6.77. The third-order valence-electron chi connectivity index (χ3n) is 4.83. The van der Waals surface area contributed by atoms with Gasteiger partial charge in [-0.2, -0.15) is 5.10 Å². The van der Waals surface area contributed by atoms with Crippen molar-refractivity contribution in [3.63, 3.8) is 0 Å². The summed E-state index contributed by atoms with van der Waals surface area (Å²) in [6.07, 6.45) is 0.384. The van der Waals surface area contributed by atoms with Crippen molar-refractivity contribution < 1.29 is 9.53 Å². The van der Waals surface area contributed by atoms with Crippen molar-refractivity contribution >= 4 is 16.7 Å². The first-order valence-electron chi connectivity index (χ1n) is 9.08. The van der Waals surface area contributed by atoms with Gasteiger partial charge in [0.2, 0.25) is 0 Å². The summed E-state index contributed by atoms with van der Waals surface area (Å²) in [7, 11) is 0. The molecule has 1 amide bonds. The van der Waals surface area contributed by atoms with E-state index in [1.807, 2.05) is 59.8 Å². The molecule has 5 heteroatoms. The maximum Gasteiger partial charge on any atom is 0.263 e. The first-order valence-corrected chi connectivity index (χ1v) is 9.08. The van der Waals surface area contributed by atoms with Crippen LogP contribution < -0.4 is 4.74 Å². The van der Waals surface area contributed by atoms with E-state index in [1.165, 1.54) is 0 Å². The Morgan fingerprint density at radius 3 is 2.77 bits per heavy atom. The smallest absolute Gasteiger partial charge is 0.263 e. The average molecular weight is 349 g/mol. The number of aromatic nitrogens is 2. The third kappa shape index (κ3) is 3.29. The molecule has 0 saturated carbocycles. The Bertz CT molecular complexity index is 947. The topological polar surface area (TPSA) is 47.4 Å². The summed E-state index contributed by atoms with van der Waals surface area (Å²) in [6.45, 7) is 5.98. The molecule has 0 N–H and O–H groups in total. The Kier molecular flexibility index (Phi) is 4.37. The molecule has 0 bridgehead atoms. The Morgan fingerprint density at radius 1 is 1.12 bits per heavy atom. The van der Waals surface area contributed by atoms with Crippen LogP contribution in [0.3, 0.4) is 0 Å². The van der Waals surface area contributed by atoms with Gasteiger partial charge >= 0.3 is 0 Å². The summed E-state index contributed by atoms with van der Waals surface area (Å²) >= 11 is 0. The van der Waals surface area contributed by atoms with E-state index in [-0.39, 0.29) is 5.91 Å². The number of aryl methyl sites for hydroxylation is 2. The normalized spacial score (nSPS) is 15.4. The van der Waals surface area contributed by atoms with Gasteiger partial charge in [-0.25, -0.2) is 0 Å². The predicted molar refractivity (Wildman–Crippen MR) is 101 cm³/mol. The molecule has 0 saturated heterocycles. The van der Waals surface area contributed by atoms with Gasteiger partial charge in [0.15, 0.2) is 6.10 Å². The molecule has 0 radical (unpaired) electrons. The van der Waals surface area contributed by atoms with Crippen molar-refractivity contribution in [3.05, 3.63) is 59.9 Å². The minimum Gasteiger partial charge on any atom is -0.481 e. The molecule has 26 heavy (non-hydrogen) atoms. The van der Waals surface area contributed by atoms with E-state index in [1.54, 1.807) is 0 Å². The predicted octanol–water partition coefficient (Wildman–Crippen LogP) is 3.54. The molecule has 3 aromatic rings. The van der Waals surface area contributed by atoms with E-state index < -0.39 is 6.10 Å². The van der Waals surface area contributed by atoms with Crippen molar-refractivity contribution in [2.75, 3.05) is 6.54 Å². The third-order valence-corrected chi connectivity index (χ3v) is 4.83. The Morgan fingerprint density at radius 2 is 1.92 bits per heavy atom. The number of hydrogen-bond acceptors (Lipinski definition) is 3. The zero-order valence-electron chi connectivity index (χ0n) is 15.2. The quantitative estimate of drug-likeness (QED) is 0.726. The number of hydrogen-bond donors (Lipinski definition) is 0. The van der Waals surface area contributed by atoms with Gasteiger partial charge in [-0.1, -0.05) is 30.3 Å². The molecule has 1 atom stereocenters. The molecule has 0 spiro atoms. The minimum atomic E-state index is -0.522. The lowest BCUT2D eigenvalue weighted by Crippen LogP contribution is -2.40. The summed E-state index contributed by atoms with van der Waals surface area (Å²) in [6, 6.07) is 16.1. The first-order chi connectivity index (χ1) is 12.6. The van der Waals surface area contributed by atoms with E-state index >= 15 is 0 Å². The van der Waals surface area contributed by atoms with Crippen LogP contribution in [0.4, 0.5) is 0 Å². The van der Waals surface area contributed by atoms with Gasteiger partial charge in [0.1, 0.15) is 5.75 Å². The van der Waals surface area contributed by atoms with Crippen LogP contribution in [0, 0.1) is 6.92 Å². The van der Waals surface area contributed by atoms with Crippen molar-refractivity contribution in [3.8, 4) is 5.75 Å². The molecule has 2 aromatic carbocycles. The molecule has 134 valence electrons. The lowest BCUT2D eigenvalue weighted by Gasteiger charge is -2.24. The SMILES string of the molecule is Cc1cc2n(n1)CCCN(C(=O)[C@H](C)Oc1ccc3ccccc3c1)C2. The second-order valence-electron chi connectivity index (χ2n) is 6.88. The van der Waals surface area contributed by atoms with Gasteiger partial charge in [0.05, 0.1) is 17.9 Å². The summed E-state index contributed by atoms with van der Waals surface area (Å²) in [5.41, 5.74) is 2.08. The molecule has 1 aliphatic rings. The summed E-state index contributed by atoms with van der Waals surface area (Å²) in [4.78, 5) is 14.8. The molecule has 1 aliphatic heterocycles. The van der Waals surface area contributed by atoms with Gasteiger partial charge in [0.25, 0.3) is 5.91 Å². The highest BCUT2D eigenvalue weighted by Gasteiger charge is 2.25. The van der Waals surface area contributed by atoms with Crippen LogP contribution in [-0.4, -0.2) is 33.2 Å². The highest BCUT2D eigenvalue weighted by atomic mass is 16.5. The van der Waals surface area contributed by atoms with E-state index in [9.17, 15) is 4.79 Å². The zero-order valence-corrected chi connectivity index (χ0v) is 15.2. The number of benzene rings is 2. The molecule has 2 heterocycles. The maximum absolute atomic E-state index is 12.9. The van der Waals surface area contributed by atoms with Crippen LogP contribution >= 0.6 is 0 Å². The van der Waals surface area contributed by atoms with Crippen LogP contribution in [0.15, 0.2) is 48.5 Å². The number of nitrogens with zero attached hydrogens (tertiary/aromatic N) is 3. The van der Waals surface area contributed by atoms with Crippen LogP contribution in [0.2, 0.25) is 0 Å². The summed E-state index contributed by atoms with van der Waals surface area (Å²) < 4.78 is 7.97. The lowest BCUT2D eigenvalue weighted by molar-refractivity contribution is -0.138. The Labute approximate surface area is 153 Å². The fourth-order valence-corrected chi connectivity index (χ4v) is 3.55. The van der Waals surface area contributed by atoms with Gasteiger partial charge in [-0.05, 0) is 49.2 Å². The minimum absolute atomic E-state index is 0.0189. The fourth-order valence-electron chi connectivity index (χ4n) is 3.55. The van der Waals surface area contributed by atoms with Crippen LogP contribution in [-0.2, 0) is 17.9 Å². The number of ether oxygens (including phenoxy) is 1. The van der Waals surface area contributed by atoms with Crippen LogP contribution in [0.1, 0.15) is 24.7 Å². The van der Waals surface area contributed by atoms with Gasteiger partial charge in [-0.15, -0.1) is 0 Å².